The summed E-state index contributed by atoms with van der Waals surface area (Å²) in [6, 6.07) is 6.43. The quantitative estimate of drug-likeness (QED) is 0.659. The van der Waals surface area contributed by atoms with E-state index in [1.807, 2.05) is 39.5 Å². The smallest absolute Gasteiger partial charge is 0.0739 e. The normalized spacial score (nSPS) is 10.2. The molecule has 0 fully saturated rings. The molecule has 2 aromatic heterocycles. The predicted molar refractivity (Wildman–Crippen MR) is 84.8 cm³/mol. The highest BCUT2D eigenvalue weighted by Gasteiger charge is 2.05. The molecule has 0 N–H and O–H groups in total. The van der Waals surface area contributed by atoms with Crippen molar-refractivity contribution in [2.75, 3.05) is 0 Å². The minimum Gasteiger partial charge on any atom is -0.275 e. The van der Waals surface area contributed by atoms with E-state index in [0.29, 0.717) is 0 Å². The van der Waals surface area contributed by atoms with Crippen LogP contribution in [0.3, 0.4) is 0 Å². The molecule has 0 aliphatic heterocycles. The summed E-state index contributed by atoms with van der Waals surface area (Å²) >= 11 is 0. The third kappa shape index (κ3) is 2.57. The fraction of sp³-hybridized carbons (Fsp3) is 0.294. The van der Waals surface area contributed by atoms with Crippen LogP contribution in [0.1, 0.15) is 25.0 Å². The average Bonchev–Trinajstić information content (AvgIpc) is 2.91. The third-order valence-electron chi connectivity index (χ3n) is 3.45. The van der Waals surface area contributed by atoms with Gasteiger partial charge in [-0.3, -0.25) is 9.67 Å². The second kappa shape index (κ2) is 5.87. The van der Waals surface area contributed by atoms with Crippen LogP contribution in [0.25, 0.3) is 22.0 Å². The summed E-state index contributed by atoms with van der Waals surface area (Å²) in [5.41, 5.74) is 4.63. The van der Waals surface area contributed by atoms with Crippen LogP contribution in [0.15, 0.2) is 36.8 Å². The van der Waals surface area contributed by atoms with Crippen molar-refractivity contribution >= 4 is 10.8 Å². The molecule has 0 radical (unpaired) electrons. The zero-order valence-electron chi connectivity index (χ0n) is 12.8. The van der Waals surface area contributed by atoms with Gasteiger partial charge in [-0.2, -0.15) is 5.10 Å². The molecule has 2 heterocycles. The minimum atomic E-state index is 0.971. The molecule has 3 aromatic rings. The Morgan fingerprint density at radius 2 is 1.80 bits per heavy atom. The zero-order valence-corrected chi connectivity index (χ0v) is 12.8. The maximum Gasteiger partial charge on any atom is 0.0739 e. The average molecular weight is 267 g/mol. The number of rotatable bonds is 1. The topological polar surface area (TPSA) is 30.7 Å². The summed E-state index contributed by atoms with van der Waals surface area (Å²) < 4.78 is 1.79. The lowest BCUT2D eigenvalue weighted by molar-refractivity contribution is 0.768. The Morgan fingerprint density at radius 3 is 2.45 bits per heavy atom. The highest BCUT2D eigenvalue weighted by molar-refractivity contribution is 5.88. The van der Waals surface area contributed by atoms with Crippen LogP contribution < -0.4 is 0 Å². The van der Waals surface area contributed by atoms with E-state index in [2.05, 4.69) is 42.1 Å². The first kappa shape index (κ1) is 14.3. The van der Waals surface area contributed by atoms with Crippen molar-refractivity contribution in [2.24, 2.45) is 7.05 Å². The van der Waals surface area contributed by atoms with Gasteiger partial charge in [0.05, 0.1) is 11.9 Å². The zero-order chi connectivity index (χ0) is 14.7. The van der Waals surface area contributed by atoms with E-state index < -0.39 is 0 Å². The van der Waals surface area contributed by atoms with Gasteiger partial charge in [0.15, 0.2) is 0 Å². The molecule has 3 heteroatoms. The van der Waals surface area contributed by atoms with E-state index in [9.17, 15) is 0 Å². The number of aromatic nitrogens is 3. The molecule has 0 bridgehead atoms. The molecule has 0 aliphatic rings. The van der Waals surface area contributed by atoms with Crippen LogP contribution in [0.5, 0.6) is 0 Å². The van der Waals surface area contributed by atoms with Crippen LogP contribution in [-0.4, -0.2) is 14.8 Å². The summed E-state index contributed by atoms with van der Waals surface area (Å²) in [4.78, 5) is 4.54. The Bertz CT molecular complexity index is 726. The van der Waals surface area contributed by atoms with Crippen molar-refractivity contribution in [2.45, 2.75) is 27.7 Å². The maximum atomic E-state index is 4.54. The van der Waals surface area contributed by atoms with Gasteiger partial charge in [0, 0.05) is 30.4 Å². The molecule has 20 heavy (non-hydrogen) atoms. The van der Waals surface area contributed by atoms with Crippen LogP contribution in [0.4, 0.5) is 0 Å². The molecule has 0 saturated carbocycles. The Labute approximate surface area is 120 Å². The van der Waals surface area contributed by atoms with Crippen molar-refractivity contribution < 1.29 is 0 Å². The Morgan fingerprint density at radius 1 is 1.05 bits per heavy atom. The first-order valence-corrected chi connectivity index (χ1v) is 7.00. The SMILES string of the molecule is CC.Cc1ccc2cc(-c3cnn(C)c3)ncc2c1C. The molecule has 0 unspecified atom stereocenters. The van der Waals surface area contributed by atoms with E-state index >= 15 is 0 Å². The molecule has 0 saturated heterocycles. The van der Waals surface area contributed by atoms with Crippen LogP contribution >= 0.6 is 0 Å². The number of aryl methyl sites for hydroxylation is 3. The van der Waals surface area contributed by atoms with Gasteiger partial charge >= 0.3 is 0 Å². The predicted octanol–water partition coefficient (Wildman–Crippen LogP) is 4.28. The fourth-order valence-electron chi connectivity index (χ4n) is 2.19. The van der Waals surface area contributed by atoms with Gasteiger partial charge in [-0.15, -0.1) is 0 Å². The van der Waals surface area contributed by atoms with Crippen molar-refractivity contribution in [3.05, 3.63) is 47.9 Å². The minimum absolute atomic E-state index is 0.971. The summed E-state index contributed by atoms with van der Waals surface area (Å²) in [6.07, 6.45) is 5.78. The van der Waals surface area contributed by atoms with Crippen LogP contribution in [0, 0.1) is 13.8 Å². The van der Waals surface area contributed by atoms with Crippen LogP contribution in [-0.2, 0) is 7.05 Å². The molecule has 0 atom stereocenters. The second-order valence-corrected chi connectivity index (χ2v) is 4.70. The molecule has 3 nitrogen and oxygen atoms in total. The summed E-state index contributed by atoms with van der Waals surface area (Å²) in [6.45, 7) is 8.27. The van der Waals surface area contributed by atoms with Gasteiger partial charge in [0.25, 0.3) is 0 Å². The summed E-state index contributed by atoms with van der Waals surface area (Å²) in [7, 11) is 1.91. The molecular weight excluding hydrogens is 246 g/mol. The number of hydrogen-bond acceptors (Lipinski definition) is 2. The number of nitrogens with zero attached hydrogens (tertiary/aromatic N) is 3. The molecule has 0 aliphatic carbocycles. The van der Waals surface area contributed by atoms with E-state index in [-0.39, 0.29) is 0 Å². The molecule has 0 amide bonds. The third-order valence-corrected chi connectivity index (χ3v) is 3.45. The van der Waals surface area contributed by atoms with Gasteiger partial charge < -0.3 is 0 Å². The molecule has 104 valence electrons. The number of fused-ring (bicyclic) bond motifs is 1. The number of hydrogen-bond donors (Lipinski definition) is 0. The first-order valence-electron chi connectivity index (χ1n) is 7.00. The van der Waals surface area contributed by atoms with E-state index in [0.717, 1.165) is 11.3 Å². The lowest BCUT2D eigenvalue weighted by Gasteiger charge is -2.06. The highest BCUT2D eigenvalue weighted by atomic mass is 15.2. The maximum absolute atomic E-state index is 4.54. The van der Waals surface area contributed by atoms with Crippen molar-refractivity contribution in [1.82, 2.24) is 14.8 Å². The second-order valence-electron chi connectivity index (χ2n) is 4.70. The van der Waals surface area contributed by atoms with E-state index in [1.165, 1.54) is 21.9 Å². The summed E-state index contributed by atoms with van der Waals surface area (Å²) in [5.74, 6) is 0. The largest absolute Gasteiger partial charge is 0.275 e. The fourth-order valence-corrected chi connectivity index (χ4v) is 2.19. The monoisotopic (exact) mass is 267 g/mol. The molecule has 0 spiro atoms. The van der Waals surface area contributed by atoms with Crippen molar-refractivity contribution in [3.63, 3.8) is 0 Å². The number of benzene rings is 1. The Kier molecular flexibility index (Phi) is 4.18. The molecule has 1 aromatic carbocycles. The van der Waals surface area contributed by atoms with E-state index in [4.69, 9.17) is 0 Å². The Balaban J connectivity index is 0.000000704. The lowest BCUT2D eigenvalue weighted by Crippen LogP contribution is -1.88. The van der Waals surface area contributed by atoms with Gasteiger partial charge in [0.2, 0.25) is 0 Å². The highest BCUT2D eigenvalue weighted by Crippen LogP contribution is 2.25. The Hall–Kier alpha value is -2.16. The van der Waals surface area contributed by atoms with Gasteiger partial charge in [-0.1, -0.05) is 26.0 Å². The lowest BCUT2D eigenvalue weighted by atomic mass is 10.0. The van der Waals surface area contributed by atoms with Crippen molar-refractivity contribution in [3.8, 4) is 11.3 Å². The summed E-state index contributed by atoms with van der Waals surface area (Å²) in [5, 5.41) is 6.63. The van der Waals surface area contributed by atoms with E-state index in [1.54, 1.807) is 4.68 Å². The first-order chi connectivity index (χ1) is 9.65. The van der Waals surface area contributed by atoms with Gasteiger partial charge in [0.1, 0.15) is 0 Å². The van der Waals surface area contributed by atoms with Crippen molar-refractivity contribution in [1.29, 1.82) is 0 Å². The van der Waals surface area contributed by atoms with Gasteiger partial charge in [-0.25, -0.2) is 0 Å². The molecule has 3 rings (SSSR count). The standard InChI is InChI=1S/C15H15N3.C2H6/c1-10-4-5-12-6-15(13-7-17-18(3)9-13)16-8-14(12)11(10)2;1-2/h4-9H,1-3H3;1-2H3. The van der Waals surface area contributed by atoms with Gasteiger partial charge in [-0.05, 0) is 36.4 Å². The molecular formula is C17H21N3. The number of pyridine rings is 1. The van der Waals surface area contributed by atoms with Crippen LogP contribution in [0.2, 0.25) is 0 Å².